The Bertz CT molecular complexity index is 1100. The average molecular weight is 419 g/mol. The normalized spacial score (nSPS) is 14.8. The van der Waals surface area contributed by atoms with E-state index < -0.39 is 10.0 Å². The maximum atomic E-state index is 12.5. The number of thiocarbonyl (C=S) groups is 1. The number of amides is 1. The van der Waals surface area contributed by atoms with Gasteiger partial charge in [-0.1, -0.05) is 6.07 Å². The number of fused-ring (bicyclic) bond motifs is 1. The molecule has 0 aromatic heterocycles. The Morgan fingerprint density at radius 1 is 1.25 bits per heavy atom. The minimum Gasteiger partial charge on any atom is -0.497 e. The Balaban J connectivity index is 1.79. The second-order valence-electron chi connectivity index (χ2n) is 5.85. The molecule has 0 fully saturated rings. The molecule has 4 N–H and O–H groups in total. The smallest absolute Gasteiger partial charge is 0.279 e. The molecule has 146 valence electrons. The summed E-state index contributed by atoms with van der Waals surface area (Å²) in [5, 5.41) is 12.1. The minimum absolute atomic E-state index is 0.0553. The molecular weight excluding hydrogens is 402 g/mol. The number of hydrogen-bond acceptors (Lipinski definition) is 6. The Morgan fingerprint density at radius 3 is 2.68 bits per heavy atom. The van der Waals surface area contributed by atoms with Gasteiger partial charge >= 0.3 is 0 Å². The largest absolute Gasteiger partial charge is 0.497 e. The molecule has 2 aromatic carbocycles. The van der Waals surface area contributed by atoms with Gasteiger partial charge in [0, 0.05) is 18.3 Å². The molecule has 1 aliphatic rings. The van der Waals surface area contributed by atoms with Gasteiger partial charge in [-0.05, 0) is 48.6 Å². The van der Waals surface area contributed by atoms with Crippen LogP contribution in [-0.2, 0) is 14.8 Å². The van der Waals surface area contributed by atoms with Gasteiger partial charge in [-0.2, -0.15) is 5.10 Å². The lowest BCUT2D eigenvalue weighted by atomic mass is 10.1. The van der Waals surface area contributed by atoms with E-state index in [2.05, 4.69) is 15.8 Å². The van der Waals surface area contributed by atoms with Gasteiger partial charge in [0.25, 0.3) is 5.91 Å². The minimum atomic E-state index is -3.83. The molecule has 9 nitrogen and oxygen atoms in total. The topological polar surface area (TPSA) is 126 Å². The van der Waals surface area contributed by atoms with Gasteiger partial charge in [0.2, 0.25) is 10.0 Å². The van der Waals surface area contributed by atoms with Gasteiger partial charge in [-0.25, -0.2) is 13.6 Å². The number of primary sulfonamides is 1. The first kappa shape index (κ1) is 19.7. The molecule has 0 unspecified atom stereocenters. The molecule has 0 saturated carbocycles. The lowest BCUT2D eigenvalue weighted by molar-refractivity contribution is -0.111. The van der Waals surface area contributed by atoms with E-state index in [1.807, 2.05) is 0 Å². The molecule has 2 aromatic rings. The second kappa shape index (κ2) is 7.54. The molecule has 1 amide bonds. The van der Waals surface area contributed by atoms with E-state index in [0.29, 0.717) is 22.7 Å². The van der Waals surface area contributed by atoms with Gasteiger partial charge in [0.15, 0.2) is 10.8 Å². The van der Waals surface area contributed by atoms with Crippen LogP contribution >= 0.6 is 12.2 Å². The van der Waals surface area contributed by atoms with E-state index in [4.69, 9.17) is 22.1 Å². The molecule has 1 aliphatic heterocycles. The van der Waals surface area contributed by atoms with Crippen molar-refractivity contribution < 1.29 is 17.9 Å². The van der Waals surface area contributed by atoms with Crippen molar-refractivity contribution in [1.82, 2.24) is 5.43 Å². The number of hydrazone groups is 1. The van der Waals surface area contributed by atoms with Crippen LogP contribution < -0.4 is 25.5 Å². The molecule has 0 spiro atoms. The number of methoxy groups -OCH3 is 1. The summed E-state index contributed by atoms with van der Waals surface area (Å²) in [6.07, 6.45) is 0. The fraction of sp³-hybridized carbons (Fsp3) is 0.118. The van der Waals surface area contributed by atoms with Gasteiger partial charge in [0.1, 0.15) is 5.75 Å². The van der Waals surface area contributed by atoms with Crippen molar-refractivity contribution in [2.24, 2.45) is 10.2 Å². The van der Waals surface area contributed by atoms with E-state index in [0.717, 1.165) is 0 Å². The number of rotatable bonds is 4. The third-order valence-corrected chi connectivity index (χ3v) is 5.12. The van der Waals surface area contributed by atoms with Crippen LogP contribution in [0.15, 0.2) is 52.5 Å². The monoisotopic (exact) mass is 419 g/mol. The van der Waals surface area contributed by atoms with Crippen molar-refractivity contribution in [3.63, 3.8) is 0 Å². The zero-order valence-corrected chi connectivity index (χ0v) is 16.6. The van der Waals surface area contributed by atoms with Gasteiger partial charge in [0.05, 0.1) is 17.7 Å². The standard InChI is InChI=1S/C17H17N5O4S2/c1-22-14-7-6-11(26-2)9-13(14)15(16(22)23)20-21-17(27)19-10-4-3-5-12(8-10)28(18,24)25/h3-9H,1-2H3,(H2,18,24,25)(H2,19,21,27). The van der Waals surface area contributed by atoms with E-state index in [9.17, 15) is 13.2 Å². The Morgan fingerprint density at radius 2 is 2.00 bits per heavy atom. The highest BCUT2D eigenvalue weighted by molar-refractivity contribution is 7.89. The molecule has 0 bridgehead atoms. The highest BCUT2D eigenvalue weighted by atomic mass is 32.2. The van der Waals surface area contributed by atoms with Crippen LogP contribution in [0, 0.1) is 0 Å². The van der Waals surface area contributed by atoms with E-state index in [1.165, 1.54) is 30.2 Å². The summed E-state index contributed by atoms with van der Waals surface area (Å²) >= 11 is 5.16. The number of benzene rings is 2. The predicted octanol–water partition coefficient (Wildman–Crippen LogP) is 1.01. The van der Waals surface area contributed by atoms with Gasteiger partial charge in [-0.15, -0.1) is 0 Å². The van der Waals surface area contributed by atoms with Crippen LogP contribution in [0.25, 0.3) is 0 Å². The molecular formula is C17H17N5O4S2. The molecule has 11 heteroatoms. The van der Waals surface area contributed by atoms with Crippen LogP contribution in [0.3, 0.4) is 0 Å². The Labute approximate surface area is 167 Å². The fourth-order valence-corrected chi connectivity index (χ4v) is 3.36. The predicted molar refractivity (Wildman–Crippen MR) is 110 cm³/mol. The molecule has 3 rings (SSSR count). The fourth-order valence-electron chi connectivity index (χ4n) is 2.63. The molecule has 0 atom stereocenters. The molecule has 28 heavy (non-hydrogen) atoms. The van der Waals surface area contributed by atoms with Crippen molar-refractivity contribution in [3.05, 3.63) is 48.0 Å². The number of likely N-dealkylation sites (N-methyl/N-ethyl adjacent to an activating group) is 1. The SMILES string of the molecule is COc1ccc2c(c1)C(=NNC(=S)Nc1cccc(S(N)(=O)=O)c1)C(=O)N2C. The number of carbonyl (C=O) groups excluding carboxylic acids is 1. The number of nitrogens with two attached hydrogens (primary N) is 1. The molecule has 0 aliphatic carbocycles. The molecule has 0 radical (unpaired) electrons. The third-order valence-electron chi connectivity index (χ3n) is 4.02. The first-order chi connectivity index (χ1) is 13.2. The zero-order valence-electron chi connectivity index (χ0n) is 15.0. The quantitative estimate of drug-likeness (QED) is 0.499. The van der Waals surface area contributed by atoms with Crippen LogP contribution in [0.2, 0.25) is 0 Å². The Hall–Kier alpha value is -3.02. The summed E-state index contributed by atoms with van der Waals surface area (Å²) in [5.41, 5.74) is 4.49. The number of nitrogens with zero attached hydrogens (tertiary/aromatic N) is 2. The maximum absolute atomic E-state index is 12.5. The first-order valence-corrected chi connectivity index (χ1v) is 9.90. The first-order valence-electron chi connectivity index (χ1n) is 7.94. The summed E-state index contributed by atoms with van der Waals surface area (Å²) in [7, 11) is -0.655. The summed E-state index contributed by atoms with van der Waals surface area (Å²) < 4.78 is 28.1. The lowest BCUT2D eigenvalue weighted by Crippen LogP contribution is -2.30. The van der Waals surface area contributed by atoms with E-state index >= 15 is 0 Å². The second-order valence-corrected chi connectivity index (χ2v) is 7.82. The zero-order chi connectivity index (χ0) is 20.5. The van der Waals surface area contributed by atoms with Crippen molar-refractivity contribution in [2.45, 2.75) is 4.90 Å². The molecule has 1 heterocycles. The lowest BCUT2D eigenvalue weighted by Gasteiger charge is -2.09. The number of anilines is 2. The Kier molecular flexibility index (Phi) is 5.31. The van der Waals surface area contributed by atoms with Crippen molar-refractivity contribution in [3.8, 4) is 5.75 Å². The number of sulfonamides is 1. The number of ether oxygens (including phenoxy) is 1. The highest BCUT2D eigenvalue weighted by Crippen LogP contribution is 2.31. The van der Waals surface area contributed by atoms with Crippen LogP contribution in [0.5, 0.6) is 5.75 Å². The van der Waals surface area contributed by atoms with Crippen molar-refractivity contribution in [1.29, 1.82) is 0 Å². The van der Waals surface area contributed by atoms with E-state index in [1.54, 1.807) is 31.3 Å². The van der Waals surface area contributed by atoms with Crippen LogP contribution in [0.4, 0.5) is 11.4 Å². The van der Waals surface area contributed by atoms with Crippen LogP contribution in [-0.4, -0.2) is 39.3 Å². The summed E-state index contributed by atoms with van der Waals surface area (Å²) in [6, 6.07) is 11.1. The van der Waals surface area contributed by atoms with Crippen molar-refractivity contribution >= 4 is 50.3 Å². The van der Waals surface area contributed by atoms with Gasteiger partial charge in [-0.3, -0.25) is 10.2 Å². The van der Waals surface area contributed by atoms with E-state index in [-0.39, 0.29) is 21.6 Å². The number of nitrogens with one attached hydrogen (secondary N) is 2. The van der Waals surface area contributed by atoms with Crippen molar-refractivity contribution in [2.75, 3.05) is 24.4 Å². The summed E-state index contributed by atoms with van der Waals surface area (Å²) in [5.74, 6) is 0.296. The van der Waals surface area contributed by atoms with Crippen LogP contribution in [0.1, 0.15) is 5.56 Å². The van der Waals surface area contributed by atoms with Gasteiger partial charge < -0.3 is 15.0 Å². The number of carbonyl (C=O) groups is 1. The maximum Gasteiger partial charge on any atom is 0.279 e. The third kappa shape index (κ3) is 3.96. The molecule has 0 saturated heterocycles. The average Bonchev–Trinajstić information content (AvgIpc) is 2.89. The number of hydrogen-bond donors (Lipinski definition) is 3. The highest BCUT2D eigenvalue weighted by Gasteiger charge is 2.32. The summed E-state index contributed by atoms with van der Waals surface area (Å²) in [4.78, 5) is 13.9. The summed E-state index contributed by atoms with van der Waals surface area (Å²) in [6.45, 7) is 0.